The highest BCUT2D eigenvalue weighted by Gasteiger charge is 2.54. The SMILES string of the molecule is CN(C)CCCC[C@@H]1NC(=O)[C@H]2C[C@@H](C(=O)NCCCCCN)[C@@H](c3cccc(OCCO)c3)N2C1=O. The van der Waals surface area contributed by atoms with Crippen LogP contribution in [-0.4, -0.2) is 91.7 Å². The molecule has 1 aromatic carbocycles. The number of nitrogens with zero attached hydrogens (tertiary/aromatic N) is 2. The Morgan fingerprint density at radius 2 is 2.03 bits per heavy atom. The predicted molar refractivity (Wildman–Crippen MR) is 141 cm³/mol. The van der Waals surface area contributed by atoms with Crippen LogP contribution in [0.15, 0.2) is 24.3 Å². The van der Waals surface area contributed by atoms with E-state index in [1.165, 1.54) is 0 Å². The van der Waals surface area contributed by atoms with E-state index in [9.17, 15) is 14.4 Å². The zero-order valence-corrected chi connectivity index (χ0v) is 22.2. The number of fused-ring (bicyclic) bond motifs is 1. The van der Waals surface area contributed by atoms with E-state index in [2.05, 4.69) is 15.5 Å². The minimum Gasteiger partial charge on any atom is -0.491 e. The molecule has 206 valence electrons. The summed E-state index contributed by atoms with van der Waals surface area (Å²) in [5.41, 5.74) is 6.31. The fraction of sp³-hybridized carbons (Fsp3) is 0.667. The smallest absolute Gasteiger partial charge is 0.246 e. The molecule has 37 heavy (non-hydrogen) atoms. The van der Waals surface area contributed by atoms with Crippen LogP contribution in [-0.2, 0) is 14.4 Å². The average molecular weight is 518 g/mol. The molecule has 2 heterocycles. The molecule has 10 nitrogen and oxygen atoms in total. The van der Waals surface area contributed by atoms with Crippen molar-refractivity contribution >= 4 is 17.7 Å². The molecule has 0 radical (unpaired) electrons. The van der Waals surface area contributed by atoms with E-state index in [0.29, 0.717) is 25.3 Å². The van der Waals surface area contributed by atoms with Gasteiger partial charge in [-0.15, -0.1) is 0 Å². The summed E-state index contributed by atoms with van der Waals surface area (Å²) in [6.45, 7) is 2.09. The number of carbonyl (C=O) groups excluding carboxylic acids is 3. The highest BCUT2D eigenvalue weighted by atomic mass is 16.5. The van der Waals surface area contributed by atoms with Crippen molar-refractivity contribution in [3.63, 3.8) is 0 Å². The number of aliphatic hydroxyl groups excluding tert-OH is 1. The number of nitrogens with one attached hydrogen (secondary N) is 2. The van der Waals surface area contributed by atoms with Crippen molar-refractivity contribution in [2.24, 2.45) is 11.7 Å². The summed E-state index contributed by atoms with van der Waals surface area (Å²) >= 11 is 0. The lowest BCUT2D eigenvalue weighted by Gasteiger charge is -2.38. The Hall–Kier alpha value is -2.69. The molecule has 0 aromatic heterocycles. The quantitative estimate of drug-likeness (QED) is 0.253. The Kier molecular flexibility index (Phi) is 11.2. The molecule has 0 aliphatic carbocycles. The van der Waals surface area contributed by atoms with Crippen molar-refractivity contribution in [3.05, 3.63) is 29.8 Å². The first-order chi connectivity index (χ1) is 17.9. The first kappa shape index (κ1) is 28.9. The summed E-state index contributed by atoms with van der Waals surface area (Å²) in [5, 5.41) is 15.1. The number of hydrogen-bond donors (Lipinski definition) is 4. The molecule has 10 heteroatoms. The Balaban J connectivity index is 1.82. The monoisotopic (exact) mass is 517 g/mol. The van der Waals surface area contributed by atoms with Crippen LogP contribution in [0.1, 0.15) is 56.6 Å². The fourth-order valence-electron chi connectivity index (χ4n) is 5.26. The summed E-state index contributed by atoms with van der Waals surface area (Å²) in [6.07, 6.45) is 5.24. The normalized spacial score (nSPS) is 23.2. The lowest BCUT2D eigenvalue weighted by Crippen LogP contribution is -2.61. The zero-order valence-electron chi connectivity index (χ0n) is 22.2. The van der Waals surface area contributed by atoms with Gasteiger partial charge in [0.05, 0.1) is 18.6 Å². The van der Waals surface area contributed by atoms with Crippen molar-refractivity contribution in [1.82, 2.24) is 20.4 Å². The van der Waals surface area contributed by atoms with E-state index >= 15 is 0 Å². The van der Waals surface area contributed by atoms with Gasteiger partial charge in [0.25, 0.3) is 0 Å². The number of piperazine rings is 1. The third-order valence-corrected chi connectivity index (χ3v) is 7.09. The summed E-state index contributed by atoms with van der Waals surface area (Å²) in [5.74, 6) is -0.510. The van der Waals surface area contributed by atoms with Crippen LogP contribution in [0.3, 0.4) is 0 Å². The van der Waals surface area contributed by atoms with Gasteiger partial charge in [-0.25, -0.2) is 0 Å². The van der Waals surface area contributed by atoms with E-state index in [4.69, 9.17) is 15.6 Å². The van der Waals surface area contributed by atoms with Gasteiger partial charge < -0.3 is 36.0 Å². The van der Waals surface area contributed by atoms with Gasteiger partial charge in [0.2, 0.25) is 17.7 Å². The van der Waals surface area contributed by atoms with E-state index in [1.54, 1.807) is 17.0 Å². The minimum atomic E-state index is -0.689. The summed E-state index contributed by atoms with van der Waals surface area (Å²) in [4.78, 5) is 44.0. The average Bonchev–Trinajstić information content (AvgIpc) is 3.30. The molecule has 0 unspecified atom stereocenters. The van der Waals surface area contributed by atoms with Crippen molar-refractivity contribution < 1.29 is 24.2 Å². The fourth-order valence-corrected chi connectivity index (χ4v) is 5.26. The Labute approximate surface area is 219 Å². The first-order valence-corrected chi connectivity index (χ1v) is 13.5. The molecule has 2 saturated heterocycles. The molecular weight excluding hydrogens is 474 g/mol. The van der Waals surface area contributed by atoms with Gasteiger partial charge in [-0.3, -0.25) is 14.4 Å². The van der Waals surface area contributed by atoms with E-state index in [1.807, 2.05) is 26.2 Å². The van der Waals surface area contributed by atoms with Gasteiger partial charge in [0.15, 0.2) is 0 Å². The van der Waals surface area contributed by atoms with Crippen LogP contribution in [0.5, 0.6) is 5.75 Å². The number of nitrogens with two attached hydrogens (primary N) is 1. The maximum absolute atomic E-state index is 13.7. The van der Waals surface area contributed by atoms with Gasteiger partial charge in [-0.2, -0.15) is 0 Å². The van der Waals surface area contributed by atoms with Crippen molar-refractivity contribution in [2.75, 3.05) is 46.9 Å². The van der Waals surface area contributed by atoms with Crippen LogP contribution < -0.4 is 21.1 Å². The Morgan fingerprint density at radius 3 is 2.76 bits per heavy atom. The second kappa shape index (κ2) is 14.3. The molecule has 0 bridgehead atoms. The van der Waals surface area contributed by atoms with E-state index in [-0.39, 0.29) is 37.4 Å². The number of ether oxygens (including phenoxy) is 1. The minimum absolute atomic E-state index is 0.120. The van der Waals surface area contributed by atoms with Gasteiger partial charge in [0.1, 0.15) is 24.4 Å². The number of aliphatic hydroxyl groups is 1. The molecule has 1 aromatic rings. The number of unbranched alkanes of at least 4 members (excludes halogenated alkanes) is 3. The van der Waals surface area contributed by atoms with Gasteiger partial charge in [-0.05, 0) is 83.4 Å². The summed E-state index contributed by atoms with van der Waals surface area (Å²) in [6, 6.07) is 5.39. The molecule has 2 fully saturated rings. The van der Waals surface area contributed by atoms with Crippen LogP contribution >= 0.6 is 0 Å². The topological polar surface area (TPSA) is 137 Å². The molecule has 5 N–H and O–H groups in total. The summed E-state index contributed by atoms with van der Waals surface area (Å²) in [7, 11) is 4.02. The number of benzene rings is 1. The molecule has 2 aliphatic heterocycles. The lowest BCUT2D eigenvalue weighted by molar-refractivity contribution is -0.149. The van der Waals surface area contributed by atoms with Crippen molar-refractivity contribution in [3.8, 4) is 5.75 Å². The summed E-state index contributed by atoms with van der Waals surface area (Å²) < 4.78 is 5.60. The van der Waals surface area contributed by atoms with Crippen molar-refractivity contribution in [1.29, 1.82) is 0 Å². The van der Waals surface area contributed by atoms with Crippen LogP contribution in [0.25, 0.3) is 0 Å². The highest BCUT2D eigenvalue weighted by molar-refractivity contribution is 5.99. The van der Waals surface area contributed by atoms with Crippen LogP contribution in [0.2, 0.25) is 0 Å². The van der Waals surface area contributed by atoms with E-state index in [0.717, 1.165) is 44.2 Å². The largest absolute Gasteiger partial charge is 0.491 e. The zero-order chi connectivity index (χ0) is 26.8. The van der Waals surface area contributed by atoms with Gasteiger partial charge in [-0.1, -0.05) is 18.6 Å². The second-order valence-corrected chi connectivity index (χ2v) is 10.2. The highest BCUT2D eigenvalue weighted by Crippen LogP contribution is 2.44. The van der Waals surface area contributed by atoms with Crippen molar-refractivity contribution in [2.45, 2.75) is 63.1 Å². The molecule has 3 amide bonds. The first-order valence-electron chi connectivity index (χ1n) is 13.5. The van der Waals surface area contributed by atoms with E-state index < -0.39 is 24.0 Å². The number of amides is 3. The molecule has 0 saturated carbocycles. The maximum atomic E-state index is 13.7. The third-order valence-electron chi connectivity index (χ3n) is 7.09. The Morgan fingerprint density at radius 1 is 1.22 bits per heavy atom. The number of carbonyl (C=O) groups is 3. The Bertz CT molecular complexity index is 911. The second-order valence-electron chi connectivity index (χ2n) is 10.2. The maximum Gasteiger partial charge on any atom is 0.246 e. The molecule has 2 aliphatic rings. The molecule has 4 atom stereocenters. The van der Waals surface area contributed by atoms with Crippen LogP contribution in [0.4, 0.5) is 0 Å². The van der Waals surface area contributed by atoms with Gasteiger partial charge in [0, 0.05) is 6.54 Å². The van der Waals surface area contributed by atoms with Gasteiger partial charge >= 0.3 is 0 Å². The molecule has 3 rings (SSSR count). The lowest BCUT2D eigenvalue weighted by atomic mass is 9.92. The molecular formula is C27H43N5O5. The van der Waals surface area contributed by atoms with Crippen LogP contribution in [0, 0.1) is 5.92 Å². The number of hydrogen-bond acceptors (Lipinski definition) is 7. The predicted octanol–water partition coefficient (Wildman–Crippen LogP) is 0.791. The standard InChI is InChI=1S/C27H43N5O5/c1-31(2)14-7-4-11-22-27(36)32-23(26(35)30-22)18-21(25(34)29-13-6-3-5-12-28)24(32)19-9-8-10-20(17-19)37-16-15-33/h8-10,17,21-24,33H,3-7,11-16,18,28H2,1-2H3,(H,29,34)(H,30,35)/t21-,22+,23-,24-/m1/s1. The molecule has 0 spiro atoms. The third kappa shape index (κ3) is 7.66. The number of rotatable bonds is 15.